The Labute approximate surface area is 199 Å². The largest absolute Gasteiger partial charge is 0.352 e. The van der Waals surface area contributed by atoms with Gasteiger partial charge in [-0.1, -0.05) is 67.9 Å². The number of hydrogen-bond donors (Lipinski definition) is 0. The molecule has 0 N–H and O–H groups in total. The maximum atomic E-state index is 13.3. The highest BCUT2D eigenvalue weighted by atomic mass is 32.1. The number of hydrogen-bond acceptors (Lipinski definition) is 5. The molecule has 5 rings (SSSR count). The third-order valence-electron chi connectivity index (χ3n) is 6.04. The van der Waals surface area contributed by atoms with Crippen molar-refractivity contribution in [3.8, 4) is 0 Å². The van der Waals surface area contributed by atoms with Gasteiger partial charge >= 0.3 is 5.69 Å². The first-order valence-corrected chi connectivity index (χ1v) is 12.0. The number of fused-ring (bicyclic) bond motifs is 3. The molecule has 0 spiro atoms. The highest BCUT2D eigenvalue weighted by Gasteiger charge is 2.20. The van der Waals surface area contributed by atoms with Gasteiger partial charge in [0.25, 0.3) is 5.56 Å². The van der Waals surface area contributed by atoms with Crippen LogP contribution in [0.4, 0.5) is 0 Å². The fourth-order valence-electron chi connectivity index (χ4n) is 4.04. The smallest absolute Gasteiger partial charge is 0.292 e. The molecule has 0 fully saturated rings. The van der Waals surface area contributed by atoms with Crippen molar-refractivity contribution >= 4 is 33.1 Å². The Morgan fingerprint density at radius 1 is 1.00 bits per heavy atom. The van der Waals surface area contributed by atoms with E-state index >= 15 is 0 Å². The SMILES string of the molecule is Cc1ccc(C(=O)Cn2nc3n(Cc4ccc(C(C)C)cc4)c(=O)c4sccc4n3c2=O)cc1. The third-order valence-corrected chi connectivity index (χ3v) is 6.93. The van der Waals surface area contributed by atoms with Crippen LogP contribution in [0.25, 0.3) is 16.0 Å². The zero-order valence-electron chi connectivity index (χ0n) is 19.2. The van der Waals surface area contributed by atoms with Crippen LogP contribution < -0.4 is 11.2 Å². The van der Waals surface area contributed by atoms with Crippen LogP contribution in [0.5, 0.6) is 0 Å². The van der Waals surface area contributed by atoms with Crippen LogP contribution in [0.3, 0.4) is 0 Å². The Balaban J connectivity index is 1.61. The molecule has 0 saturated carbocycles. The van der Waals surface area contributed by atoms with Gasteiger partial charge in [0, 0.05) is 5.56 Å². The van der Waals surface area contributed by atoms with E-state index in [2.05, 4.69) is 31.1 Å². The van der Waals surface area contributed by atoms with E-state index in [9.17, 15) is 14.4 Å². The highest BCUT2D eigenvalue weighted by molar-refractivity contribution is 7.17. The van der Waals surface area contributed by atoms with Gasteiger partial charge in [-0.2, -0.15) is 0 Å². The lowest BCUT2D eigenvalue weighted by molar-refractivity contribution is 0.0966. The second kappa shape index (κ2) is 8.53. The Kier molecular flexibility index (Phi) is 5.53. The molecular weight excluding hydrogens is 448 g/mol. The second-order valence-corrected chi connectivity index (χ2v) is 9.70. The van der Waals surface area contributed by atoms with Crippen molar-refractivity contribution in [1.82, 2.24) is 18.7 Å². The van der Waals surface area contributed by atoms with Crippen LogP contribution in [-0.2, 0) is 13.1 Å². The molecule has 0 aliphatic heterocycles. The van der Waals surface area contributed by atoms with Crippen LogP contribution in [0.1, 0.15) is 46.8 Å². The van der Waals surface area contributed by atoms with Crippen LogP contribution in [0.15, 0.2) is 69.6 Å². The Hall–Kier alpha value is -3.78. The summed E-state index contributed by atoms with van der Waals surface area (Å²) in [7, 11) is 0. The van der Waals surface area contributed by atoms with Crippen molar-refractivity contribution in [3.63, 3.8) is 0 Å². The van der Waals surface area contributed by atoms with Gasteiger partial charge in [-0.25, -0.2) is 13.9 Å². The maximum absolute atomic E-state index is 13.3. The van der Waals surface area contributed by atoms with Crippen molar-refractivity contribution in [3.05, 3.63) is 103 Å². The van der Waals surface area contributed by atoms with E-state index in [-0.39, 0.29) is 30.2 Å². The molecule has 0 aliphatic carbocycles. The second-order valence-electron chi connectivity index (χ2n) is 8.79. The maximum Gasteiger partial charge on any atom is 0.352 e. The molecule has 34 heavy (non-hydrogen) atoms. The predicted octanol–water partition coefficient (Wildman–Crippen LogP) is 4.24. The minimum absolute atomic E-state index is 0.201. The standard InChI is InChI=1S/C26H24N4O3S/c1-16(2)19-10-6-18(7-11-19)14-28-24(32)23-21(12-13-34-23)30-25(28)27-29(26(30)33)15-22(31)20-8-4-17(3)5-9-20/h4-13,16H,14-15H2,1-3H3. The molecule has 0 aliphatic rings. The summed E-state index contributed by atoms with van der Waals surface area (Å²) in [6.07, 6.45) is 0. The highest BCUT2D eigenvalue weighted by Crippen LogP contribution is 2.19. The van der Waals surface area contributed by atoms with Crippen molar-refractivity contribution in [2.45, 2.75) is 39.8 Å². The van der Waals surface area contributed by atoms with Crippen LogP contribution in [-0.4, -0.2) is 24.5 Å². The average Bonchev–Trinajstić information content (AvgIpc) is 3.42. The summed E-state index contributed by atoms with van der Waals surface area (Å²) >= 11 is 1.29. The molecule has 0 bridgehead atoms. The van der Waals surface area contributed by atoms with Gasteiger partial charge in [-0.05, 0) is 35.4 Å². The number of aryl methyl sites for hydroxylation is 1. The zero-order chi connectivity index (χ0) is 24.0. The molecule has 0 amide bonds. The molecule has 0 unspecified atom stereocenters. The number of carbonyl (C=O) groups excluding carboxylic acids is 1. The number of thiophene rings is 1. The summed E-state index contributed by atoms with van der Waals surface area (Å²) in [4.78, 5) is 39.4. The lowest BCUT2D eigenvalue weighted by Crippen LogP contribution is -2.27. The molecule has 3 aromatic heterocycles. The van der Waals surface area contributed by atoms with Crippen molar-refractivity contribution < 1.29 is 4.79 Å². The normalized spacial score (nSPS) is 11.6. The summed E-state index contributed by atoms with van der Waals surface area (Å²) < 4.78 is 4.57. The Bertz CT molecular complexity index is 1630. The topological polar surface area (TPSA) is 78.4 Å². The number of aromatic nitrogens is 4. The summed E-state index contributed by atoms with van der Waals surface area (Å²) in [6, 6.07) is 17.0. The number of rotatable bonds is 6. The number of benzene rings is 2. The summed E-state index contributed by atoms with van der Waals surface area (Å²) in [5.41, 5.74) is 3.57. The Morgan fingerprint density at radius 2 is 1.71 bits per heavy atom. The van der Waals surface area contributed by atoms with E-state index in [1.54, 1.807) is 23.6 Å². The van der Waals surface area contributed by atoms with Gasteiger partial charge in [-0.15, -0.1) is 16.4 Å². The minimum atomic E-state index is -0.442. The van der Waals surface area contributed by atoms with Crippen LogP contribution >= 0.6 is 11.3 Å². The zero-order valence-corrected chi connectivity index (χ0v) is 20.0. The number of Topliss-reactive ketones (excluding diaryl/α,β-unsaturated/α-hetero) is 1. The van der Waals surface area contributed by atoms with Crippen molar-refractivity contribution in [1.29, 1.82) is 0 Å². The van der Waals surface area contributed by atoms with Gasteiger partial charge in [0.05, 0.1) is 12.1 Å². The van der Waals surface area contributed by atoms with Gasteiger partial charge < -0.3 is 0 Å². The molecule has 0 saturated heterocycles. The first kappa shape index (κ1) is 22.0. The van der Waals surface area contributed by atoms with Gasteiger partial charge in [-0.3, -0.25) is 14.2 Å². The fourth-order valence-corrected chi connectivity index (χ4v) is 4.86. The van der Waals surface area contributed by atoms with Crippen molar-refractivity contribution in [2.24, 2.45) is 0 Å². The molecule has 3 heterocycles. The molecule has 0 atom stereocenters. The molecule has 0 radical (unpaired) electrons. The minimum Gasteiger partial charge on any atom is -0.292 e. The predicted molar refractivity (Wildman–Crippen MR) is 134 cm³/mol. The van der Waals surface area contributed by atoms with Gasteiger partial charge in [0.15, 0.2) is 5.78 Å². The molecule has 2 aromatic carbocycles. The van der Waals surface area contributed by atoms with E-state index in [0.717, 1.165) is 15.8 Å². The summed E-state index contributed by atoms with van der Waals surface area (Å²) in [5.74, 6) is 0.419. The monoisotopic (exact) mass is 472 g/mol. The fraction of sp³-hybridized carbons (Fsp3) is 0.231. The lowest BCUT2D eigenvalue weighted by Gasteiger charge is -2.10. The van der Waals surface area contributed by atoms with Gasteiger partial charge in [0.2, 0.25) is 5.78 Å². The quantitative estimate of drug-likeness (QED) is 0.347. The first-order valence-electron chi connectivity index (χ1n) is 11.1. The lowest BCUT2D eigenvalue weighted by atomic mass is 10.0. The number of carbonyl (C=O) groups is 1. The average molecular weight is 473 g/mol. The molecule has 8 heteroatoms. The van der Waals surface area contributed by atoms with Gasteiger partial charge in [0.1, 0.15) is 11.2 Å². The van der Waals surface area contributed by atoms with Crippen LogP contribution in [0.2, 0.25) is 0 Å². The molecule has 172 valence electrons. The van der Waals surface area contributed by atoms with E-state index < -0.39 is 5.69 Å². The van der Waals surface area contributed by atoms with E-state index in [4.69, 9.17) is 0 Å². The molecule has 7 nitrogen and oxygen atoms in total. The third kappa shape index (κ3) is 3.80. The van der Waals surface area contributed by atoms with Crippen molar-refractivity contribution in [2.75, 3.05) is 0 Å². The van der Waals surface area contributed by atoms with E-state index in [1.807, 2.05) is 31.2 Å². The number of ketones is 1. The summed E-state index contributed by atoms with van der Waals surface area (Å²) in [5, 5.41) is 6.23. The summed E-state index contributed by atoms with van der Waals surface area (Å²) in [6.45, 7) is 6.28. The first-order chi connectivity index (χ1) is 16.3. The number of nitrogens with zero attached hydrogens (tertiary/aromatic N) is 4. The van der Waals surface area contributed by atoms with Crippen LogP contribution in [0, 0.1) is 6.92 Å². The Morgan fingerprint density at radius 3 is 2.38 bits per heavy atom. The molecular formula is C26H24N4O3S. The van der Waals surface area contributed by atoms with E-state index in [1.165, 1.54) is 25.9 Å². The molecule has 5 aromatic rings. The van der Waals surface area contributed by atoms with E-state index in [0.29, 0.717) is 21.7 Å².